The average molecular weight is 223 g/mol. The summed E-state index contributed by atoms with van der Waals surface area (Å²) in [4.78, 5) is 4.41. The molecule has 0 saturated heterocycles. The first-order valence-electron chi connectivity index (χ1n) is 5.87. The summed E-state index contributed by atoms with van der Waals surface area (Å²) in [6, 6.07) is 9.93. The van der Waals surface area contributed by atoms with Gasteiger partial charge >= 0.3 is 0 Å². The molecule has 3 heteroatoms. The number of hydrogen-bond donors (Lipinski definition) is 0. The van der Waals surface area contributed by atoms with Crippen LogP contribution in [0.3, 0.4) is 0 Å². The first-order chi connectivity index (χ1) is 8.36. The molecule has 1 aliphatic rings. The fourth-order valence-electron chi connectivity index (χ4n) is 2.09. The summed E-state index contributed by atoms with van der Waals surface area (Å²) >= 11 is 0. The van der Waals surface area contributed by atoms with E-state index in [1.165, 1.54) is 18.7 Å². The molecule has 0 bridgehead atoms. The van der Waals surface area contributed by atoms with Crippen LogP contribution in [0.15, 0.2) is 36.7 Å². The molecule has 0 aliphatic heterocycles. The van der Waals surface area contributed by atoms with E-state index in [2.05, 4.69) is 21.7 Å². The van der Waals surface area contributed by atoms with Gasteiger partial charge in [0.05, 0.1) is 11.6 Å². The molecule has 0 spiro atoms. The lowest BCUT2D eigenvalue weighted by Gasteiger charge is -2.07. The SMILES string of the molecule is N#Cc1cccc(Cn2ccnc2C2CC2)c1. The molecule has 3 rings (SSSR count). The maximum atomic E-state index is 8.87. The summed E-state index contributed by atoms with van der Waals surface area (Å²) in [5.74, 6) is 1.84. The molecule has 84 valence electrons. The van der Waals surface area contributed by atoms with Crippen LogP contribution in [-0.2, 0) is 6.54 Å². The minimum atomic E-state index is 0.657. The highest BCUT2D eigenvalue weighted by atomic mass is 15.1. The molecular weight excluding hydrogens is 210 g/mol. The van der Waals surface area contributed by atoms with Gasteiger partial charge in [0, 0.05) is 24.9 Å². The quantitative estimate of drug-likeness (QED) is 0.802. The highest BCUT2D eigenvalue weighted by molar-refractivity contribution is 5.33. The van der Waals surface area contributed by atoms with Gasteiger partial charge in [-0.3, -0.25) is 0 Å². The molecule has 0 amide bonds. The molecule has 3 nitrogen and oxygen atoms in total. The van der Waals surface area contributed by atoms with Crippen molar-refractivity contribution in [3.05, 3.63) is 53.6 Å². The van der Waals surface area contributed by atoms with Crippen molar-refractivity contribution in [3.8, 4) is 6.07 Å². The molecule has 0 radical (unpaired) electrons. The third-order valence-corrected chi connectivity index (χ3v) is 3.10. The Morgan fingerprint density at radius 3 is 3.06 bits per heavy atom. The summed E-state index contributed by atoms with van der Waals surface area (Å²) in [5.41, 5.74) is 1.87. The number of nitriles is 1. The van der Waals surface area contributed by atoms with E-state index >= 15 is 0 Å². The molecule has 1 aliphatic carbocycles. The van der Waals surface area contributed by atoms with Gasteiger partial charge in [-0.05, 0) is 30.5 Å². The van der Waals surface area contributed by atoms with Crippen molar-refractivity contribution >= 4 is 0 Å². The van der Waals surface area contributed by atoms with Crippen molar-refractivity contribution in [2.24, 2.45) is 0 Å². The molecule has 1 heterocycles. The lowest BCUT2D eigenvalue weighted by molar-refractivity contribution is 0.726. The number of imidazole rings is 1. The largest absolute Gasteiger partial charge is 0.330 e. The van der Waals surface area contributed by atoms with E-state index in [1.807, 2.05) is 30.6 Å². The van der Waals surface area contributed by atoms with Crippen LogP contribution in [-0.4, -0.2) is 9.55 Å². The Bertz CT molecular complexity index is 573. The van der Waals surface area contributed by atoms with Crippen LogP contribution in [0.1, 0.15) is 35.7 Å². The van der Waals surface area contributed by atoms with Crippen LogP contribution in [0, 0.1) is 11.3 Å². The minimum absolute atomic E-state index is 0.657. The van der Waals surface area contributed by atoms with Gasteiger partial charge in [-0.1, -0.05) is 12.1 Å². The highest BCUT2D eigenvalue weighted by Crippen LogP contribution is 2.39. The molecule has 2 aromatic rings. The van der Waals surface area contributed by atoms with Gasteiger partial charge in [0.25, 0.3) is 0 Å². The average Bonchev–Trinajstić information content (AvgIpc) is 3.11. The molecular formula is C14H13N3. The van der Waals surface area contributed by atoms with Gasteiger partial charge in [0.1, 0.15) is 5.82 Å². The Balaban J connectivity index is 1.86. The van der Waals surface area contributed by atoms with Crippen molar-refractivity contribution in [3.63, 3.8) is 0 Å². The molecule has 0 atom stereocenters. The monoisotopic (exact) mass is 223 g/mol. The summed E-state index contributed by atoms with van der Waals surface area (Å²) in [6.07, 6.45) is 6.40. The van der Waals surface area contributed by atoms with E-state index in [4.69, 9.17) is 5.26 Å². The lowest BCUT2D eigenvalue weighted by Crippen LogP contribution is -2.03. The maximum absolute atomic E-state index is 8.87. The fraction of sp³-hybridized carbons (Fsp3) is 0.286. The Morgan fingerprint density at radius 2 is 2.29 bits per heavy atom. The Labute approximate surface area is 100 Å². The Hall–Kier alpha value is -2.08. The Morgan fingerprint density at radius 1 is 1.41 bits per heavy atom. The van der Waals surface area contributed by atoms with E-state index in [0.29, 0.717) is 5.92 Å². The number of aromatic nitrogens is 2. The molecule has 0 unspecified atom stereocenters. The van der Waals surface area contributed by atoms with Crippen LogP contribution >= 0.6 is 0 Å². The van der Waals surface area contributed by atoms with Gasteiger partial charge in [-0.25, -0.2) is 4.98 Å². The van der Waals surface area contributed by atoms with Gasteiger partial charge in [-0.15, -0.1) is 0 Å². The normalized spacial score (nSPS) is 14.5. The van der Waals surface area contributed by atoms with E-state index in [0.717, 1.165) is 17.7 Å². The predicted molar refractivity (Wildman–Crippen MR) is 64.5 cm³/mol. The second-order valence-corrected chi connectivity index (χ2v) is 4.50. The van der Waals surface area contributed by atoms with Crippen molar-refractivity contribution in [2.75, 3.05) is 0 Å². The predicted octanol–water partition coefficient (Wildman–Crippen LogP) is 2.68. The lowest BCUT2D eigenvalue weighted by atomic mass is 10.1. The van der Waals surface area contributed by atoms with Crippen molar-refractivity contribution in [1.82, 2.24) is 9.55 Å². The second-order valence-electron chi connectivity index (χ2n) is 4.50. The second kappa shape index (κ2) is 4.06. The molecule has 17 heavy (non-hydrogen) atoms. The first kappa shape index (κ1) is 10.1. The van der Waals surface area contributed by atoms with Gasteiger partial charge in [0.15, 0.2) is 0 Å². The molecule has 0 N–H and O–H groups in total. The van der Waals surface area contributed by atoms with Crippen LogP contribution in [0.2, 0.25) is 0 Å². The third kappa shape index (κ3) is 2.07. The first-order valence-corrected chi connectivity index (χ1v) is 5.87. The highest BCUT2D eigenvalue weighted by Gasteiger charge is 2.27. The zero-order valence-corrected chi connectivity index (χ0v) is 9.50. The smallest absolute Gasteiger partial charge is 0.112 e. The van der Waals surface area contributed by atoms with Gasteiger partial charge in [0.2, 0.25) is 0 Å². The van der Waals surface area contributed by atoms with E-state index in [-0.39, 0.29) is 0 Å². The third-order valence-electron chi connectivity index (χ3n) is 3.10. The van der Waals surface area contributed by atoms with E-state index in [1.54, 1.807) is 0 Å². The number of nitrogens with zero attached hydrogens (tertiary/aromatic N) is 3. The number of benzene rings is 1. The van der Waals surface area contributed by atoms with E-state index in [9.17, 15) is 0 Å². The summed E-state index contributed by atoms with van der Waals surface area (Å²) in [6.45, 7) is 0.807. The van der Waals surface area contributed by atoms with Crippen LogP contribution in [0.25, 0.3) is 0 Å². The van der Waals surface area contributed by atoms with E-state index < -0.39 is 0 Å². The van der Waals surface area contributed by atoms with Crippen LogP contribution < -0.4 is 0 Å². The molecule has 1 fully saturated rings. The Kier molecular flexibility index (Phi) is 2.41. The zero-order chi connectivity index (χ0) is 11.7. The fourth-order valence-corrected chi connectivity index (χ4v) is 2.09. The van der Waals surface area contributed by atoms with Crippen LogP contribution in [0.4, 0.5) is 0 Å². The van der Waals surface area contributed by atoms with Crippen LogP contribution in [0.5, 0.6) is 0 Å². The topological polar surface area (TPSA) is 41.6 Å². The summed E-state index contributed by atoms with van der Waals surface area (Å²) in [7, 11) is 0. The van der Waals surface area contributed by atoms with Crippen molar-refractivity contribution in [2.45, 2.75) is 25.3 Å². The number of rotatable bonds is 3. The molecule has 1 aromatic carbocycles. The van der Waals surface area contributed by atoms with Gasteiger partial charge in [-0.2, -0.15) is 5.26 Å². The number of hydrogen-bond acceptors (Lipinski definition) is 2. The summed E-state index contributed by atoms with van der Waals surface area (Å²) in [5, 5.41) is 8.87. The summed E-state index contributed by atoms with van der Waals surface area (Å²) < 4.78 is 2.19. The zero-order valence-electron chi connectivity index (χ0n) is 9.50. The minimum Gasteiger partial charge on any atom is -0.330 e. The maximum Gasteiger partial charge on any atom is 0.112 e. The van der Waals surface area contributed by atoms with Crippen molar-refractivity contribution < 1.29 is 0 Å². The van der Waals surface area contributed by atoms with Crippen molar-refractivity contribution in [1.29, 1.82) is 5.26 Å². The van der Waals surface area contributed by atoms with Gasteiger partial charge < -0.3 is 4.57 Å². The molecule has 1 saturated carbocycles. The standard InChI is InChI=1S/C14H13N3/c15-9-11-2-1-3-12(8-11)10-17-7-6-16-14(17)13-4-5-13/h1-3,6-8,13H,4-5,10H2. The molecule has 1 aromatic heterocycles.